The molecule has 5 heteroatoms. The van der Waals surface area contributed by atoms with Crippen molar-refractivity contribution < 1.29 is 14.5 Å². The maximum Gasteiger partial charge on any atom is 0.201 e. The topological polar surface area (TPSA) is 27.7 Å². The molecule has 0 radical (unpaired) electrons. The minimum atomic E-state index is -0.440. The first-order chi connectivity index (χ1) is 9.09. The zero-order chi connectivity index (χ0) is 13.3. The van der Waals surface area contributed by atoms with Crippen LogP contribution in [0.25, 0.3) is 0 Å². The second kappa shape index (κ2) is 5.26. The van der Waals surface area contributed by atoms with Gasteiger partial charge in [-0.15, -0.1) is 11.8 Å². The monoisotopic (exact) mass is 300 g/mol. The average Bonchev–Trinajstić information content (AvgIpc) is 2.37. The number of hydrogen-bond acceptors (Lipinski definition) is 4. The minimum Gasteiger partial charge on any atom is -0.344 e. The Labute approximate surface area is 122 Å². The highest BCUT2D eigenvalue weighted by Crippen LogP contribution is 2.42. The Kier molecular flexibility index (Phi) is 3.80. The van der Waals surface area contributed by atoms with Crippen molar-refractivity contribution in [1.82, 2.24) is 0 Å². The third kappa shape index (κ3) is 3.09. The molecule has 1 unspecified atom stereocenters. The Bertz CT molecular complexity index is 435. The Morgan fingerprint density at radius 3 is 2.47 bits per heavy atom. The van der Waals surface area contributed by atoms with E-state index in [4.69, 9.17) is 26.1 Å². The van der Waals surface area contributed by atoms with Gasteiger partial charge in [0, 0.05) is 28.5 Å². The van der Waals surface area contributed by atoms with E-state index in [-0.39, 0.29) is 0 Å². The molecule has 1 heterocycles. The maximum atomic E-state index is 5.87. The minimum absolute atomic E-state index is 0.398. The molecular formula is C14H17ClO3S. The second-order valence-electron chi connectivity index (χ2n) is 5.41. The van der Waals surface area contributed by atoms with Crippen LogP contribution < -0.4 is 0 Å². The van der Waals surface area contributed by atoms with E-state index in [1.54, 1.807) is 11.8 Å². The number of halogens is 1. The number of benzene rings is 1. The zero-order valence-electron chi connectivity index (χ0n) is 10.9. The van der Waals surface area contributed by atoms with Crippen LogP contribution in [0.15, 0.2) is 29.2 Å². The molecule has 19 heavy (non-hydrogen) atoms. The predicted octanol–water partition coefficient (Wildman–Crippen LogP) is 4.05. The summed E-state index contributed by atoms with van der Waals surface area (Å²) in [5.74, 6) is 0.342. The first-order valence-corrected chi connectivity index (χ1v) is 7.85. The van der Waals surface area contributed by atoms with Crippen LogP contribution in [0.1, 0.15) is 26.2 Å². The quantitative estimate of drug-likeness (QED) is 0.622. The summed E-state index contributed by atoms with van der Waals surface area (Å²) in [6.45, 7) is 2.59. The van der Waals surface area contributed by atoms with E-state index in [9.17, 15) is 0 Å². The van der Waals surface area contributed by atoms with Crippen LogP contribution in [-0.4, -0.2) is 23.7 Å². The van der Waals surface area contributed by atoms with Crippen molar-refractivity contribution in [2.75, 3.05) is 12.4 Å². The van der Waals surface area contributed by atoms with Gasteiger partial charge in [-0.25, -0.2) is 9.78 Å². The molecule has 2 fully saturated rings. The number of ether oxygens (including phenoxy) is 1. The van der Waals surface area contributed by atoms with E-state index < -0.39 is 11.4 Å². The Hall–Kier alpha value is -0.260. The van der Waals surface area contributed by atoms with Crippen LogP contribution in [-0.2, 0) is 14.5 Å². The predicted molar refractivity (Wildman–Crippen MR) is 75.3 cm³/mol. The molecule has 1 saturated heterocycles. The molecule has 3 nitrogen and oxygen atoms in total. The van der Waals surface area contributed by atoms with E-state index in [2.05, 4.69) is 0 Å². The lowest BCUT2D eigenvalue weighted by molar-refractivity contribution is -0.520. The van der Waals surface area contributed by atoms with Crippen LogP contribution in [0.5, 0.6) is 0 Å². The highest BCUT2D eigenvalue weighted by atomic mass is 35.5. The molecule has 1 spiro atoms. The molecule has 1 aromatic rings. The first kappa shape index (κ1) is 13.7. The van der Waals surface area contributed by atoms with Gasteiger partial charge in [0.05, 0.1) is 6.61 Å². The molecule has 1 aliphatic heterocycles. The van der Waals surface area contributed by atoms with Crippen molar-refractivity contribution in [2.45, 2.75) is 42.5 Å². The summed E-state index contributed by atoms with van der Waals surface area (Å²) >= 11 is 7.58. The number of thioether (sulfide) groups is 1. The molecule has 104 valence electrons. The van der Waals surface area contributed by atoms with Crippen LogP contribution in [0, 0.1) is 0 Å². The first-order valence-electron chi connectivity index (χ1n) is 6.49. The van der Waals surface area contributed by atoms with Crippen molar-refractivity contribution in [3.63, 3.8) is 0 Å². The molecule has 0 aromatic heterocycles. The van der Waals surface area contributed by atoms with Gasteiger partial charge >= 0.3 is 0 Å². The average molecular weight is 301 g/mol. The number of hydrogen-bond donors (Lipinski definition) is 0. The molecule has 0 N–H and O–H groups in total. The largest absolute Gasteiger partial charge is 0.344 e. The molecule has 1 atom stereocenters. The highest BCUT2D eigenvalue weighted by Gasteiger charge is 2.48. The summed E-state index contributed by atoms with van der Waals surface area (Å²) in [6.07, 6.45) is 3.03. The van der Waals surface area contributed by atoms with Crippen LogP contribution in [0.2, 0.25) is 5.02 Å². The summed E-state index contributed by atoms with van der Waals surface area (Å²) in [4.78, 5) is 12.2. The summed E-state index contributed by atoms with van der Waals surface area (Å²) in [6, 6.07) is 7.80. The van der Waals surface area contributed by atoms with Gasteiger partial charge in [-0.2, -0.15) is 0 Å². The Balaban J connectivity index is 1.53. The number of rotatable bonds is 3. The smallest absolute Gasteiger partial charge is 0.201 e. The van der Waals surface area contributed by atoms with Crippen molar-refractivity contribution >= 4 is 23.4 Å². The normalized spacial score (nSPS) is 29.2. The fourth-order valence-electron chi connectivity index (χ4n) is 2.03. The fourth-order valence-corrected chi connectivity index (χ4v) is 3.09. The van der Waals surface area contributed by atoms with Gasteiger partial charge in [-0.1, -0.05) is 11.6 Å². The van der Waals surface area contributed by atoms with E-state index in [1.165, 1.54) is 0 Å². The van der Waals surface area contributed by atoms with Gasteiger partial charge in [0.15, 0.2) is 0 Å². The molecule has 1 aliphatic carbocycles. The summed E-state index contributed by atoms with van der Waals surface area (Å²) < 4.78 is 5.84. The third-order valence-corrected chi connectivity index (χ3v) is 5.12. The van der Waals surface area contributed by atoms with E-state index in [0.29, 0.717) is 6.61 Å². The summed E-state index contributed by atoms with van der Waals surface area (Å²) in [7, 11) is 0. The van der Waals surface area contributed by atoms with Gasteiger partial charge in [-0.05, 0) is 37.6 Å². The van der Waals surface area contributed by atoms with Gasteiger partial charge in [0.2, 0.25) is 5.79 Å². The third-order valence-electron chi connectivity index (χ3n) is 3.51. The van der Waals surface area contributed by atoms with Gasteiger partial charge in [0.25, 0.3) is 0 Å². The fraction of sp³-hybridized carbons (Fsp3) is 0.571. The molecular weight excluding hydrogens is 284 g/mol. The van der Waals surface area contributed by atoms with Crippen LogP contribution in [0.3, 0.4) is 0 Å². The summed E-state index contributed by atoms with van der Waals surface area (Å²) in [5, 5.41) is 0.753. The Morgan fingerprint density at radius 2 is 1.95 bits per heavy atom. The lowest BCUT2D eigenvalue weighted by Crippen LogP contribution is -2.55. The lowest BCUT2D eigenvalue weighted by atomic mass is 9.91. The second-order valence-corrected chi connectivity index (χ2v) is 6.90. The molecule has 1 saturated carbocycles. The molecule has 1 aromatic carbocycles. The van der Waals surface area contributed by atoms with E-state index >= 15 is 0 Å². The van der Waals surface area contributed by atoms with E-state index in [1.807, 2.05) is 31.2 Å². The van der Waals surface area contributed by atoms with Gasteiger partial charge < -0.3 is 4.74 Å². The van der Waals surface area contributed by atoms with Gasteiger partial charge in [-0.3, -0.25) is 0 Å². The van der Waals surface area contributed by atoms with Crippen molar-refractivity contribution in [1.29, 1.82) is 0 Å². The molecule has 0 bridgehead atoms. The lowest BCUT2D eigenvalue weighted by Gasteiger charge is -2.47. The van der Waals surface area contributed by atoms with Crippen LogP contribution in [0.4, 0.5) is 0 Å². The molecule has 2 aliphatic rings. The van der Waals surface area contributed by atoms with Crippen molar-refractivity contribution in [2.24, 2.45) is 0 Å². The standard InChI is InChI=1S/C14H17ClO3S/c1-13(9-16-14(18-17-13)7-2-8-14)10-19-12-5-3-11(15)4-6-12/h3-6H,2,7-10H2,1H3. The van der Waals surface area contributed by atoms with Crippen LogP contribution >= 0.6 is 23.4 Å². The highest BCUT2D eigenvalue weighted by molar-refractivity contribution is 7.99. The Morgan fingerprint density at radius 1 is 1.21 bits per heavy atom. The maximum absolute atomic E-state index is 5.87. The van der Waals surface area contributed by atoms with E-state index in [0.717, 1.165) is 34.9 Å². The molecule has 0 amide bonds. The van der Waals surface area contributed by atoms with Crippen molar-refractivity contribution in [3.05, 3.63) is 29.3 Å². The zero-order valence-corrected chi connectivity index (χ0v) is 12.4. The SMILES string of the molecule is CC1(CSc2ccc(Cl)cc2)COC2(CCC2)OO1. The van der Waals surface area contributed by atoms with Gasteiger partial charge in [0.1, 0.15) is 5.60 Å². The van der Waals surface area contributed by atoms with Crippen molar-refractivity contribution in [3.8, 4) is 0 Å². The molecule has 3 rings (SSSR count). The summed E-state index contributed by atoms with van der Waals surface area (Å²) in [5.41, 5.74) is -0.398.